The zero-order valence-electron chi connectivity index (χ0n) is 9.09. The third-order valence-electron chi connectivity index (χ3n) is 2.51. The molecule has 0 bridgehead atoms. The van der Waals surface area contributed by atoms with Gasteiger partial charge in [-0.2, -0.15) is 0 Å². The number of hydrogen-bond acceptors (Lipinski definition) is 3. The van der Waals surface area contributed by atoms with Crippen LogP contribution in [-0.4, -0.2) is 21.3 Å². The molecular formula is C13H9ClO4. The van der Waals surface area contributed by atoms with Crippen molar-refractivity contribution < 1.29 is 20.1 Å². The van der Waals surface area contributed by atoms with Gasteiger partial charge in [-0.3, -0.25) is 0 Å². The summed E-state index contributed by atoms with van der Waals surface area (Å²) >= 11 is 5.65. The van der Waals surface area contributed by atoms with E-state index in [9.17, 15) is 15.0 Å². The number of benzene rings is 2. The van der Waals surface area contributed by atoms with E-state index in [1.54, 1.807) is 18.2 Å². The first-order chi connectivity index (χ1) is 8.50. The summed E-state index contributed by atoms with van der Waals surface area (Å²) < 4.78 is 0. The minimum absolute atomic E-state index is 0.00376. The third kappa shape index (κ3) is 2.10. The third-order valence-corrected chi connectivity index (χ3v) is 2.82. The number of halogens is 1. The van der Waals surface area contributed by atoms with Crippen molar-refractivity contribution in [3.05, 3.63) is 47.0 Å². The Morgan fingerprint density at radius 2 is 1.67 bits per heavy atom. The van der Waals surface area contributed by atoms with Gasteiger partial charge in [0.25, 0.3) is 0 Å². The second-order valence-corrected chi connectivity index (χ2v) is 4.08. The number of rotatable bonds is 2. The highest BCUT2D eigenvalue weighted by Gasteiger charge is 2.15. The molecule has 0 heterocycles. The summed E-state index contributed by atoms with van der Waals surface area (Å²) in [4.78, 5) is 11.1. The standard InChI is InChI=1S/C13H9ClO4/c14-10-6-11(15)9(5-12(10)16)7-3-1-2-4-8(7)13(17)18/h1-6,15-16H,(H,17,18). The van der Waals surface area contributed by atoms with E-state index < -0.39 is 5.97 Å². The van der Waals surface area contributed by atoms with E-state index in [1.807, 2.05) is 0 Å². The molecule has 3 N–H and O–H groups in total. The number of aromatic hydroxyl groups is 2. The van der Waals surface area contributed by atoms with Crippen LogP contribution in [0.15, 0.2) is 36.4 Å². The van der Waals surface area contributed by atoms with Gasteiger partial charge >= 0.3 is 5.97 Å². The Bertz CT molecular complexity index is 622. The van der Waals surface area contributed by atoms with Crippen molar-refractivity contribution in [1.82, 2.24) is 0 Å². The quantitative estimate of drug-likeness (QED) is 0.728. The summed E-state index contributed by atoms with van der Waals surface area (Å²) in [6.45, 7) is 0. The van der Waals surface area contributed by atoms with Crippen LogP contribution in [0.25, 0.3) is 11.1 Å². The van der Waals surface area contributed by atoms with Crippen LogP contribution in [-0.2, 0) is 0 Å². The lowest BCUT2D eigenvalue weighted by atomic mass is 9.98. The first-order valence-electron chi connectivity index (χ1n) is 5.05. The van der Waals surface area contributed by atoms with Gasteiger partial charge in [-0.15, -0.1) is 0 Å². The van der Waals surface area contributed by atoms with Crippen LogP contribution in [0, 0.1) is 0 Å². The second-order valence-electron chi connectivity index (χ2n) is 3.67. The molecule has 0 aliphatic rings. The van der Waals surface area contributed by atoms with E-state index in [0.29, 0.717) is 5.56 Å². The monoisotopic (exact) mass is 264 g/mol. The molecular weight excluding hydrogens is 256 g/mol. The molecule has 0 saturated heterocycles. The van der Waals surface area contributed by atoms with E-state index in [1.165, 1.54) is 18.2 Å². The highest BCUT2D eigenvalue weighted by atomic mass is 35.5. The minimum Gasteiger partial charge on any atom is -0.507 e. The minimum atomic E-state index is -1.11. The maximum absolute atomic E-state index is 11.1. The van der Waals surface area contributed by atoms with E-state index in [4.69, 9.17) is 16.7 Å². The molecule has 2 aromatic carbocycles. The molecule has 2 rings (SSSR count). The van der Waals surface area contributed by atoms with E-state index in [0.717, 1.165) is 0 Å². The van der Waals surface area contributed by atoms with Crippen molar-refractivity contribution in [3.8, 4) is 22.6 Å². The van der Waals surface area contributed by atoms with Gasteiger partial charge in [0.15, 0.2) is 0 Å². The summed E-state index contributed by atoms with van der Waals surface area (Å²) in [7, 11) is 0. The molecule has 18 heavy (non-hydrogen) atoms. The van der Waals surface area contributed by atoms with Crippen LogP contribution in [0.3, 0.4) is 0 Å². The molecule has 2 aromatic rings. The molecule has 5 heteroatoms. The Labute approximate surface area is 108 Å². The number of hydrogen-bond donors (Lipinski definition) is 3. The van der Waals surface area contributed by atoms with Crippen LogP contribution in [0.5, 0.6) is 11.5 Å². The molecule has 0 fully saturated rings. The average Bonchev–Trinajstić information content (AvgIpc) is 2.34. The van der Waals surface area contributed by atoms with Crippen molar-refractivity contribution in [2.24, 2.45) is 0 Å². The Kier molecular flexibility index (Phi) is 3.12. The smallest absolute Gasteiger partial charge is 0.336 e. The lowest BCUT2D eigenvalue weighted by Gasteiger charge is -2.09. The highest BCUT2D eigenvalue weighted by Crippen LogP contribution is 2.38. The Balaban J connectivity index is 2.69. The summed E-state index contributed by atoms with van der Waals surface area (Å²) in [6, 6.07) is 8.60. The fraction of sp³-hybridized carbons (Fsp3) is 0. The molecule has 0 atom stereocenters. The van der Waals surface area contributed by atoms with Crippen LogP contribution >= 0.6 is 11.6 Å². The number of aromatic carboxylic acids is 1. The molecule has 0 unspecified atom stereocenters. The summed E-state index contributed by atoms with van der Waals surface area (Å²) in [5.41, 5.74) is 0.568. The summed E-state index contributed by atoms with van der Waals surface area (Å²) in [6.07, 6.45) is 0. The van der Waals surface area contributed by atoms with Crippen molar-refractivity contribution >= 4 is 17.6 Å². The molecule has 4 nitrogen and oxygen atoms in total. The maximum atomic E-state index is 11.1. The zero-order valence-corrected chi connectivity index (χ0v) is 9.85. The highest BCUT2D eigenvalue weighted by molar-refractivity contribution is 6.32. The fourth-order valence-electron chi connectivity index (χ4n) is 1.67. The molecule has 92 valence electrons. The topological polar surface area (TPSA) is 77.8 Å². The number of phenolic OH excluding ortho intramolecular Hbond substituents is 2. The molecule has 0 amide bonds. The molecule has 0 radical (unpaired) electrons. The van der Waals surface area contributed by atoms with Gasteiger partial charge in [-0.25, -0.2) is 4.79 Å². The first kappa shape index (κ1) is 12.3. The Morgan fingerprint density at radius 1 is 1.00 bits per heavy atom. The lowest BCUT2D eigenvalue weighted by Crippen LogP contribution is -1.99. The molecule has 0 aliphatic heterocycles. The fourth-order valence-corrected chi connectivity index (χ4v) is 1.83. The van der Waals surface area contributed by atoms with Crippen molar-refractivity contribution in [3.63, 3.8) is 0 Å². The molecule has 0 spiro atoms. The van der Waals surface area contributed by atoms with Crippen molar-refractivity contribution in [2.75, 3.05) is 0 Å². The van der Waals surface area contributed by atoms with Gasteiger partial charge < -0.3 is 15.3 Å². The summed E-state index contributed by atoms with van der Waals surface area (Å²) in [5.74, 6) is -1.52. The van der Waals surface area contributed by atoms with Crippen LogP contribution < -0.4 is 0 Å². The van der Waals surface area contributed by atoms with Crippen LogP contribution in [0.4, 0.5) is 0 Å². The van der Waals surface area contributed by atoms with Crippen molar-refractivity contribution in [1.29, 1.82) is 0 Å². The van der Waals surface area contributed by atoms with E-state index in [2.05, 4.69) is 0 Å². The van der Waals surface area contributed by atoms with E-state index >= 15 is 0 Å². The number of carboxylic acids is 1. The van der Waals surface area contributed by atoms with Gasteiger partial charge in [-0.1, -0.05) is 29.8 Å². The average molecular weight is 265 g/mol. The van der Waals surface area contributed by atoms with Crippen LogP contribution in [0.1, 0.15) is 10.4 Å². The molecule has 0 saturated carbocycles. The zero-order chi connectivity index (χ0) is 13.3. The SMILES string of the molecule is O=C(O)c1ccccc1-c1cc(O)c(Cl)cc1O. The predicted molar refractivity (Wildman–Crippen MR) is 67.2 cm³/mol. The van der Waals surface area contributed by atoms with Gasteiger partial charge in [0.2, 0.25) is 0 Å². The number of phenols is 2. The van der Waals surface area contributed by atoms with Crippen molar-refractivity contribution in [2.45, 2.75) is 0 Å². The first-order valence-corrected chi connectivity index (χ1v) is 5.42. The normalized spacial score (nSPS) is 10.3. The maximum Gasteiger partial charge on any atom is 0.336 e. The van der Waals surface area contributed by atoms with Gasteiger partial charge in [0.1, 0.15) is 11.5 Å². The largest absolute Gasteiger partial charge is 0.507 e. The second kappa shape index (κ2) is 4.58. The van der Waals surface area contributed by atoms with Gasteiger partial charge in [0.05, 0.1) is 10.6 Å². The summed E-state index contributed by atoms with van der Waals surface area (Å²) in [5, 5.41) is 28.4. The van der Waals surface area contributed by atoms with Crippen LogP contribution in [0.2, 0.25) is 5.02 Å². The Hall–Kier alpha value is -2.20. The van der Waals surface area contributed by atoms with Gasteiger partial charge in [0, 0.05) is 11.6 Å². The predicted octanol–water partition coefficient (Wildman–Crippen LogP) is 3.12. The molecule has 0 aromatic heterocycles. The van der Waals surface area contributed by atoms with Gasteiger partial charge in [-0.05, 0) is 17.7 Å². The Morgan fingerprint density at radius 3 is 2.33 bits per heavy atom. The lowest BCUT2D eigenvalue weighted by molar-refractivity contribution is 0.0697. The number of carboxylic acid groups (broad SMARTS) is 1. The molecule has 0 aliphatic carbocycles. The number of carbonyl (C=O) groups is 1. The van der Waals surface area contributed by atoms with E-state index in [-0.39, 0.29) is 27.6 Å².